The van der Waals surface area contributed by atoms with E-state index in [4.69, 9.17) is 9.47 Å². The fraction of sp³-hybridized carbons (Fsp3) is 0.353. The topological polar surface area (TPSA) is 89.5 Å². The number of para-hydroxylation sites is 2. The summed E-state index contributed by atoms with van der Waals surface area (Å²) >= 11 is 0. The van der Waals surface area contributed by atoms with Gasteiger partial charge in [-0.3, -0.25) is 13.9 Å². The molecule has 130 valence electrons. The highest BCUT2D eigenvalue weighted by atomic mass is 16.6. The number of rotatable bonds is 3. The Hall–Kier alpha value is -3.21. The zero-order chi connectivity index (χ0) is 18.1. The van der Waals surface area contributed by atoms with Crippen LogP contribution in [0.3, 0.4) is 0 Å². The Bertz CT molecular complexity index is 970. The second kappa shape index (κ2) is 6.36. The van der Waals surface area contributed by atoms with Crippen molar-refractivity contribution in [1.82, 2.24) is 9.13 Å². The van der Waals surface area contributed by atoms with Crippen molar-refractivity contribution in [2.45, 2.75) is 6.10 Å². The molecule has 3 rings (SSSR count). The molecule has 2 aromatic rings. The van der Waals surface area contributed by atoms with Gasteiger partial charge in [-0.05, 0) is 12.1 Å². The van der Waals surface area contributed by atoms with E-state index in [1.54, 1.807) is 11.9 Å². The highest BCUT2D eigenvalue weighted by Crippen LogP contribution is 2.31. The molecule has 0 aliphatic carbocycles. The van der Waals surface area contributed by atoms with E-state index in [-0.39, 0.29) is 17.5 Å². The highest BCUT2D eigenvalue weighted by Gasteiger charge is 2.25. The van der Waals surface area contributed by atoms with Crippen LogP contribution >= 0.6 is 0 Å². The molecule has 0 saturated carbocycles. The van der Waals surface area contributed by atoms with E-state index in [1.807, 2.05) is 30.3 Å². The van der Waals surface area contributed by atoms with Crippen LogP contribution in [0.4, 0.5) is 5.82 Å². The summed E-state index contributed by atoms with van der Waals surface area (Å²) in [6.07, 6.45) is -0.300. The van der Waals surface area contributed by atoms with Crippen molar-refractivity contribution in [2.24, 2.45) is 14.1 Å². The molecule has 8 heteroatoms. The first kappa shape index (κ1) is 16.6. The lowest BCUT2D eigenvalue weighted by Crippen LogP contribution is -2.45. The van der Waals surface area contributed by atoms with Crippen molar-refractivity contribution in [3.05, 3.63) is 50.7 Å². The summed E-state index contributed by atoms with van der Waals surface area (Å²) in [7, 11) is 4.59. The van der Waals surface area contributed by atoms with Gasteiger partial charge in [0.1, 0.15) is 18.5 Å². The molecule has 1 aromatic carbocycles. The number of hydrogen-bond acceptors (Lipinski definition) is 6. The summed E-state index contributed by atoms with van der Waals surface area (Å²) in [5.74, 6) is 1.59. The molecule has 1 aliphatic heterocycles. The fourth-order valence-electron chi connectivity index (χ4n) is 2.92. The second-order valence-electron chi connectivity index (χ2n) is 5.89. The third-order valence-corrected chi connectivity index (χ3v) is 4.15. The van der Waals surface area contributed by atoms with Gasteiger partial charge in [0.05, 0.1) is 6.54 Å². The smallest absolute Gasteiger partial charge is 0.332 e. The molecule has 1 aromatic heterocycles. The van der Waals surface area contributed by atoms with Gasteiger partial charge in [0.25, 0.3) is 5.56 Å². The van der Waals surface area contributed by atoms with Crippen molar-refractivity contribution in [2.75, 3.05) is 25.1 Å². The first-order valence-corrected chi connectivity index (χ1v) is 7.73. The summed E-state index contributed by atoms with van der Waals surface area (Å²) < 4.78 is 13.8. The average molecular weight is 342 g/mol. The third kappa shape index (κ3) is 2.85. The van der Waals surface area contributed by atoms with E-state index < -0.39 is 11.2 Å². The van der Waals surface area contributed by atoms with Crippen LogP contribution in [-0.4, -0.2) is 35.4 Å². The Kier molecular flexibility index (Phi) is 4.23. The minimum Gasteiger partial charge on any atom is -0.486 e. The van der Waals surface area contributed by atoms with Crippen molar-refractivity contribution in [3.8, 4) is 17.6 Å². The van der Waals surface area contributed by atoms with Crippen LogP contribution in [0.2, 0.25) is 0 Å². The van der Waals surface area contributed by atoms with Crippen LogP contribution in [0, 0.1) is 11.3 Å². The van der Waals surface area contributed by atoms with Crippen LogP contribution in [0.5, 0.6) is 11.5 Å². The van der Waals surface area contributed by atoms with E-state index in [0.29, 0.717) is 24.7 Å². The summed E-state index contributed by atoms with van der Waals surface area (Å²) in [6.45, 7) is 0.686. The van der Waals surface area contributed by atoms with E-state index in [1.165, 1.54) is 18.7 Å². The summed E-state index contributed by atoms with van der Waals surface area (Å²) in [6, 6.07) is 9.26. The molecule has 25 heavy (non-hydrogen) atoms. The normalized spacial score (nSPS) is 15.5. The lowest BCUT2D eigenvalue weighted by Gasteiger charge is -2.31. The predicted octanol–water partition coefficient (Wildman–Crippen LogP) is 0.232. The second-order valence-corrected chi connectivity index (χ2v) is 5.89. The molecule has 0 N–H and O–H groups in total. The number of ether oxygens (including phenoxy) is 2. The standard InChI is InChI=1S/C17H18N4O4/c1-19(9-11-10-24-13-6-4-5-7-14(13)25-11)15-12(8-18)16(22)21(3)17(23)20(15)2/h4-7,11H,9-10H2,1-3H3/t11-/m0/s1. The number of aromatic nitrogens is 2. The zero-order valence-electron chi connectivity index (χ0n) is 14.2. The molecule has 0 bridgehead atoms. The number of likely N-dealkylation sites (N-methyl/N-ethyl adjacent to an activating group) is 1. The maximum atomic E-state index is 12.2. The number of benzene rings is 1. The van der Waals surface area contributed by atoms with E-state index in [9.17, 15) is 14.9 Å². The molecule has 1 aliphatic rings. The Morgan fingerprint density at radius 1 is 1.24 bits per heavy atom. The van der Waals surface area contributed by atoms with Gasteiger partial charge in [-0.25, -0.2) is 4.79 Å². The molecule has 1 atom stereocenters. The number of nitrogens with zero attached hydrogens (tertiary/aromatic N) is 4. The van der Waals surface area contributed by atoms with Crippen molar-refractivity contribution < 1.29 is 9.47 Å². The summed E-state index contributed by atoms with van der Waals surface area (Å²) in [4.78, 5) is 26.0. The van der Waals surface area contributed by atoms with E-state index >= 15 is 0 Å². The van der Waals surface area contributed by atoms with Crippen LogP contribution in [0.25, 0.3) is 0 Å². The molecule has 2 heterocycles. The quantitative estimate of drug-likeness (QED) is 0.793. The number of hydrogen-bond donors (Lipinski definition) is 0. The molecule has 0 fully saturated rings. The molecule has 0 unspecified atom stereocenters. The molecule has 8 nitrogen and oxygen atoms in total. The molecular formula is C17H18N4O4. The Morgan fingerprint density at radius 3 is 2.60 bits per heavy atom. The number of nitriles is 1. The molecule has 0 spiro atoms. The van der Waals surface area contributed by atoms with Crippen molar-refractivity contribution >= 4 is 5.82 Å². The van der Waals surface area contributed by atoms with Gasteiger partial charge in [0.2, 0.25) is 0 Å². The van der Waals surface area contributed by atoms with Crippen LogP contribution in [0.15, 0.2) is 33.9 Å². The Balaban J connectivity index is 1.91. The maximum absolute atomic E-state index is 12.2. The van der Waals surface area contributed by atoms with Gasteiger partial charge in [-0.1, -0.05) is 12.1 Å². The maximum Gasteiger partial charge on any atom is 0.332 e. The van der Waals surface area contributed by atoms with Gasteiger partial charge in [0.15, 0.2) is 23.2 Å². The first-order chi connectivity index (χ1) is 11.9. The highest BCUT2D eigenvalue weighted by molar-refractivity contribution is 5.53. The Morgan fingerprint density at radius 2 is 1.92 bits per heavy atom. The number of anilines is 1. The van der Waals surface area contributed by atoms with Gasteiger partial charge < -0.3 is 14.4 Å². The summed E-state index contributed by atoms with van der Waals surface area (Å²) in [5.41, 5.74) is -1.18. The van der Waals surface area contributed by atoms with Crippen molar-refractivity contribution in [1.29, 1.82) is 5.26 Å². The minimum atomic E-state index is -0.612. The van der Waals surface area contributed by atoms with Crippen LogP contribution < -0.4 is 25.6 Å². The lowest BCUT2D eigenvalue weighted by molar-refractivity contribution is 0.0958. The molecule has 0 amide bonds. The monoisotopic (exact) mass is 342 g/mol. The van der Waals surface area contributed by atoms with Crippen molar-refractivity contribution in [3.63, 3.8) is 0 Å². The van der Waals surface area contributed by atoms with Gasteiger partial charge in [-0.2, -0.15) is 5.26 Å². The molecule has 0 radical (unpaired) electrons. The predicted molar refractivity (Wildman–Crippen MR) is 91.3 cm³/mol. The lowest BCUT2D eigenvalue weighted by atomic mass is 10.2. The molecular weight excluding hydrogens is 324 g/mol. The van der Waals surface area contributed by atoms with E-state index in [2.05, 4.69) is 0 Å². The zero-order valence-corrected chi connectivity index (χ0v) is 14.2. The number of fused-ring (bicyclic) bond motifs is 1. The van der Waals surface area contributed by atoms with Gasteiger partial charge >= 0.3 is 5.69 Å². The average Bonchev–Trinajstić information content (AvgIpc) is 2.62. The largest absolute Gasteiger partial charge is 0.486 e. The first-order valence-electron chi connectivity index (χ1n) is 7.73. The summed E-state index contributed by atoms with van der Waals surface area (Å²) in [5, 5.41) is 9.36. The fourth-order valence-corrected chi connectivity index (χ4v) is 2.92. The molecule has 0 saturated heterocycles. The third-order valence-electron chi connectivity index (χ3n) is 4.15. The van der Waals surface area contributed by atoms with Crippen LogP contribution in [0.1, 0.15) is 5.56 Å². The van der Waals surface area contributed by atoms with Gasteiger partial charge in [0, 0.05) is 21.1 Å². The van der Waals surface area contributed by atoms with Crippen LogP contribution in [-0.2, 0) is 14.1 Å². The SMILES string of the molecule is CN(C[C@H]1COc2ccccc2O1)c1c(C#N)c(=O)n(C)c(=O)n1C. The van der Waals surface area contributed by atoms with E-state index in [0.717, 1.165) is 4.57 Å². The Labute approximate surface area is 144 Å². The van der Waals surface area contributed by atoms with Gasteiger partial charge in [-0.15, -0.1) is 0 Å². The minimum absolute atomic E-state index is 0.0794.